The molecule has 0 amide bonds. The molecule has 3 N–H and O–H groups in total. The third-order valence-corrected chi connectivity index (χ3v) is 18.5. The lowest BCUT2D eigenvalue weighted by molar-refractivity contribution is -0.161. The Balaban J connectivity index is 5.28. The van der Waals surface area contributed by atoms with Gasteiger partial charge in [-0.15, -0.1) is 0 Å². The SMILES string of the molecule is CCCCCC/C=C\C=C/CCCCCCCC(=O)OC[C@H](COP(=O)(O)OC[C@@H](O)COP(=O)(O)OC[C@@H](COC(=O)CCCCCCCCCC(C)C)OC(=O)CCCCCCCCCCCC(C)C)OC(=O)CCCCCCCCCCCCCCCCCC. The van der Waals surface area contributed by atoms with Crippen molar-refractivity contribution in [2.24, 2.45) is 11.8 Å². The summed E-state index contributed by atoms with van der Waals surface area (Å²) in [7, 11) is -9.92. The van der Waals surface area contributed by atoms with E-state index in [1.807, 2.05) is 0 Å². The lowest BCUT2D eigenvalue weighted by Crippen LogP contribution is -2.30. The molecule has 0 saturated carbocycles. The van der Waals surface area contributed by atoms with Crippen LogP contribution in [-0.2, 0) is 65.4 Å². The van der Waals surface area contributed by atoms with Gasteiger partial charge in [-0.3, -0.25) is 37.3 Å². The van der Waals surface area contributed by atoms with Crippen LogP contribution in [0.2, 0.25) is 0 Å². The van der Waals surface area contributed by atoms with E-state index < -0.39 is 97.5 Å². The van der Waals surface area contributed by atoms with E-state index in [0.717, 1.165) is 121 Å². The molecule has 19 heteroatoms. The predicted molar refractivity (Wildman–Crippen MR) is 377 cm³/mol. The van der Waals surface area contributed by atoms with Gasteiger partial charge in [0.1, 0.15) is 19.3 Å². The lowest BCUT2D eigenvalue weighted by Gasteiger charge is -2.21. The Hall–Kier alpha value is -2.46. The maximum atomic E-state index is 13.1. The summed E-state index contributed by atoms with van der Waals surface area (Å²) in [5.74, 6) is -0.712. The molecule has 17 nitrogen and oxygen atoms in total. The molecule has 2 unspecified atom stereocenters. The topological polar surface area (TPSA) is 237 Å². The molecular weight excluding hydrogens is 1220 g/mol. The number of phosphoric ester groups is 2. The number of carbonyl (C=O) groups excluding carboxylic acids is 4. The van der Waals surface area contributed by atoms with E-state index in [1.54, 1.807) is 0 Å². The smallest absolute Gasteiger partial charge is 0.462 e. The Morgan fingerprint density at radius 1 is 0.333 bits per heavy atom. The molecular formula is C74H140O17P2. The van der Waals surface area contributed by atoms with Crippen molar-refractivity contribution < 1.29 is 80.2 Å². The largest absolute Gasteiger partial charge is 0.472 e. The minimum Gasteiger partial charge on any atom is -0.462 e. The molecule has 0 fully saturated rings. The van der Waals surface area contributed by atoms with Crippen LogP contribution in [0.25, 0.3) is 0 Å². The molecule has 0 aliphatic rings. The summed E-state index contributed by atoms with van der Waals surface area (Å²) in [6.45, 7) is 9.43. The summed E-state index contributed by atoms with van der Waals surface area (Å²) >= 11 is 0. The number of ether oxygens (including phenoxy) is 4. The molecule has 0 saturated heterocycles. The molecule has 0 radical (unpaired) electrons. The van der Waals surface area contributed by atoms with Crippen molar-refractivity contribution in [3.8, 4) is 0 Å². The molecule has 0 aromatic heterocycles. The molecule has 0 bridgehead atoms. The predicted octanol–water partition coefficient (Wildman–Crippen LogP) is 21.1. The average molecular weight is 1360 g/mol. The second-order valence-corrected chi connectivity index (χ2v) is 29.9. The summed E-state index contributed by atoms with van der Waals surface area (Å²) in [5.41, 5.74) is 0. The van der Waals surface area contributed by atoms with Crippen molar-refractivity contribution in [2.75, 3.05) is 39.6 Å². The van der Waals surface area contributed by atoms with Crippen LogP contribution in [0.3, 0.4) is 0 Å². The first-order chi connectivity index (χ1) is 44.9. The van der Waals surface area contributed by atoms with Gasteiger partial charge in [0.2, 0.25) is 0 Å². The van der Waals surface area contributed by atoms with Crippen molar-refractivity contribution in [3.05, 3.63) is 24.3 Å². The first-order valence-electron chi connectivity index (χ1n) is 37.8. The highest BCUT2D eigenvalue weighted by molar-refractivity contribution is 7.47. The van der Waals surface area contributed by atoms with Crippen LogP contribution in [0, 0.1) is 11.8 Å². The van der Waals surface area contributed by atoms with Gasteiger partial charge in [-0.1, -0.05) is 303 Å². The van der Waals surface area contributed by atoms with Crippen molar-refractivity contribution in [2.45, 2.75) is 374 Å². The Bertz CT molecular complexity index is 1900. The van der Waals surface area contributed by atoms with Gasteiger partial charge in [-0.05, 0) is 63.2 Å². The number of unbranched alkanes of at least 4 members (excludes halogenated alkanes) is 38. The van der Waals surface area contributed by atoms with Crippen molar-refractivity contribution in [1.82, 2.24) is 0 Å². The van der Waals surface area contributed by atoms with Gasteiger partial charge in [0, 0.05) is 25.7 Å². The van der Waals surface area contributed by atoms with Crippen LogP contribution in [0.15, 0.2) is 24.3 Å². The summed E-state index contributed by atoms with van der Waals surface area (Å²) < 4.78 is 68.4. The molecule has 548 valence electrons. The van der Waals surface area contributed by atoms with Gasteiger partial charge in [-0.25, -0.2) is 9.13 Å². The van der Waals surface area contributed by atoms with E-state index in [1.165, 1.54) is 148 Å². The lowest BCUT2D eigenvalue weighted by atomic mass is 10.0. The van der Waals surface area contributed by atoms with Gasteiger partial charge >= 0.3 is 39.5 Å². The zero-order valence-corrected chi connectivity index (χ0v) is 61.8. The van der Waals surface area contributed by atoms with E-state index in [0.29, 0.717) is 31.6 Å². The Labute approximate surface area is 567 Å². The van der Waals surface area contributed by atoms with Crippen LogP contribution >= 0.6 is 15.6 Å². The number of esters is 4. The minimum atomic E-state index is -4.96. The molecule has 93 heavy (non-hydrogen) atoms. The van der Waals surface area contributed by atoms with Gasteiger partial charge in [0.05, 0.1) is 26.4 Å². The van der Waals surface area contributed by atoms with Crippen LogP contribution < -0.4 is 0 Å². The zero-order valence-electron chi connectivity index (χ0n) is 60.0. The van der Waals surface area contributed by atoms with E-state index in [9.17, 15) is 43.2 Å². The van der Waals surface area contributed by atoms with Gasteiger partial charge in [0.25, 0.3) is 0 Å². The highest BCUT2D eigenvalue weighted by atomic mass is 31.2. The Kier molecular flexibility index (Phi) is 63.7. The van der Waals surface area contributed by atoms with Gasteiger partial charge in [0.15, 0.2) is 12.2 Å². The van der Waals surface area contributed by atoms with E-state index in [2.05, 4.69) is 65.8 Å². The molecule has 0 spiro atoms. The second kappa shape index (κ2) is 65.5. The maximum Gasteiger partial charge on any atom is 0.472 e. The normalized spacial score (nSPS) is 14.2. The number of hydrogen-bond donors (Lipinski definition) is 3. The molecule has 0 aliphatic heterocycles. The summed E-state index contributed by atoms with van der Waals surface area (Å²) in [4.78, 5) is 72.7. The first-order valence-corrected chi connectivity index (χ1v) is 40.8. The molecule has 0 rings (SSSR count). The van der Waals surface area contributed by atoms with Crippen LogP contribution in [0.5, 0.6) is 0 Å². The molecule has 0 aromatic carbocycles. The number of aliphatic hydroxyl groups is 1. The highest BCUT2D eigenvalue weighted by Gasteiger charge is 2.30. The standard InChI is InChI=1S/C74H140O17P2/c1-7-9-11-13-15-17-19-21-23-25-27-29-33-39-46-52-58-73(78)90-69(62-84-71(76)56-50-44-38-32-28-26-24-22-20-18-16-14-12-10-8-2)64-88-92(80,81)86-60-68(75)61-87-93(82,83)89-65-70(63-85-72(77)57-51-45-41-35-37-43-49-55-67(5)6)91-74(79)59-53-47-40-34-30-31-36-42-48-54-66(3)4/h18,20,22,24,66-70,75H,7-17,19,21,23,25-65H2,1-6H3,(H,80,81)(H,82,83)/b20-18-,24-22-/t68-,69-,70-/m1/s1. The van der Waals surface area contributed by atoms with Crippen molar-refractivity contribution in [1.29, 1.82) is 0 Å². The zero-order chi connectivity index (χ0) is 68.6. The Morgan fingerprint density at radius 2 is 0.581 bits per heavy atom. The fourth-order valence-electron chi connectivity index (χ4n) is 10.8. The van der Waals surface area contributed by atoms with Crippen molar-refractivity contribution in [3.63, 3.8) is 0 Å². The second-order valence-electron chi connectivity index (χ2n) is 27.0. The third-order valence-electron chi connectivity index (χ3n) is 16.6. The average Bonchev–Trinajstić information content (AvgIpc) is 2.74. The summed E-state index contributed by atoms with van der Waals surface area (Å²) in [6, 6.07) is 0. The number of rotatable bonds is 71. The quantitative estimate of drug-likeness (QED) is 0.0169. The number of phosphoric acid groups is 2. The monoisotopic (exact) mass is 1360 g/mol. The van der Waals surface area contributed by atoms with E-state index >= 15 is 0 Å². The number of carbonyl (C=O) groups is 4. The minimum absolute atomic E-state index is 0.101. The Morgan fingerprint density at radius 3 is 0.882 bits per heavy atom. The fraction of sp³-hybridized carbons (Fsp3) is 0.892. The van der Waals surface area contributed by atoms with Gasteiger partial charge in [-0.2, -0.15) is 0 Å². The highest BCUT2D eigenvalue weighted by Crippen LogP contribution is 2.45. The van der Waals surface area contributed by atoms with E-state index in [4.69, 9.17) is 37.0 Å². The van der Waals surface area contributed by atoms with Crippen LogP contribution in [0.4, 0.5) is 0 Å². The van der Waals surface area contributed by atoms with Crippen molar-refractivity contribution >= 4 is 39.5 Å². The summed E-state index contributed by atoms with van der Waals surface area (Å²) in [5, 5.41) is 10.6. The number of hydrogen-bond acceptors (Lipinski definition) is 15. The number of allylic oxidation sites excluding steroid dienone is 4. The molecule has 0 aromatic rings. The molecule has 0 heterocycles. The maximum absolute atomic E-state index is 13.1. The summed E-state index contributed by atoms with van der Waals surface area (Å²) in [6.07, 6.45) is 55.0. The van der Waals surface area contributed by atoms with Gasteiger partial charge < -0.3 is 33.8 Å². The molecule has 5 atom stereocenters. The fourth-order valence-corrected chi connectivity index (χ4v) is 12.3. The molecule has 0 aliphatic carbocycles. The van der Waals surface area contributed by atoms with Crippen LogP contribution in [-0.4, -0.2) is 96.7 Å². The third kappa shape index (κ3) is 67.9. The van der Waals surface area contributed by atoms with Crippen LogP contribution in [0.1, 0.15) is 356 Å². The van der Waals surface area contributed by atoms with E-state index in [-0.39, 0.29) is 25.7 Å². The number of aliphatic hydroxyl groups excluding tert-OH is 1. The first kappa shape index (κ1) is 90.5.